The number of rotatable bonds is 0. The molecule has 0 bridgehead atoms. The van der Waals surface area contributed by atoms with Gasteiger partial charge in [-0.3, -0.25) is 0 Å². The first-order chi connectivity index (χ1) is 7.93. The van der Waals surface area contributed by atoms with E-state index in [1.807, 2.05) is 0 Å². The molecule has 0 aliphatic heterocycles. The van der Waals surface area contributed by atoms with E-state index in [0.29, 0.717) is 0 Å². The van der Waals surface area contributed by atoms with Gasteiger partial charge in [-0.25, -0.2) is 28.8 Å². The third-order valence-electron chi connectivity index (χ3n) is 0.549. The van der Waals surface area contributed by atoms with Crippen LogP contribution >= 0.6 is 0 Å². The predicted octanol–water partition coefficient (Wildman–Crippen LogP) is -2.53. The van der Waals surface area contributed by atoms with Crippen LogP contribution in [0.25, 0.3) is 0 Å². The molecule has 0 aliphatic carbocycles. The van der Waals surface area contributed by atoms with Crippen molar-refractivity contribution < 1.29 is 137 Å². The van der Waals surface area contributed by atoms with Crippen molar-refractivity contribution >= 4 is 35.8 Å². The van der Waals surface area contributed by atoms with Crippen molar-refractivity contribution in [2.75, 3.05) is 0 Å². The summed E-state index contributed by atoms with van der Waals surface area (Å²) in [5.41, 5.74) is 0. The molecule has 6 N–H and O–H groups in total. The Hall–Kier alpha value is -0.609. The Morgan fingerprint density at radius 1 is 0.350 bits per heavy atom. The second-order valence-electron chi connectivity index (χ2n) is 1.83. The molecule has 0 amide bonds. The molecule has 0 aromatic rings. The van der Waals surface area contributed by atoms with E-state index in [1.54, 1.807) is 0 Å². The van der Waals surface area contributed by atoms with Gasteiger partial charge in [0, 0.05) is 77.2 Å². The summed E-state index contributed by atoms with van der Waals surface area (Å²) in [5.74, 6) is -10.9. The Kier molecular flexibility index (Phi) is 29.1. The van der Waals surface area contributed by atoms with Gasteiger partial charge in [-0.05, 0) is 0 Å². The topological polar surface area (TPSA) is 224 Å². The minimum absolute atomic E-state index is 0. The van der Waals surface area contributed by atoms with Crippen LogP contribution < -0.4 is 0 Å². The number of carboxylic acids is 6. The van der Waals surface area contributed by atoms with Crippen molar-refractivity contribution in [3.8, 4) is 0 Å². The molecule has 14 heteroatoms. The van der Waals surface area contributed by atoms with E-state index in [4.69, 9.17) is 59.4 Å². The van der Waals surface area contributed by atoms with Gasteiger partial charge in [0.2, 0.25) is 0 Å². The fraction of sp³-hybridized carbons (Fsp3) is 0. The number of hydrogen-bond donors (Lipinski definition) is 6. The molecule has 0 atom stereocenters. The van der Waals surface area contributed by atoms with Gasteiger partial charge in [-0.2, -0.15) is 0 Å². The van der Waals surface area contributed by atoms with E-state index < -0.39 is 35.8 Å². The Balaban J connectivity index is -0.0000000536. The zero-order valence-electron chi connectivity index (χ0n) is 8.80. The fourth-order valence-corrected chi connectivity index (χ4v) is 0. The molecular formula is C6H6O12Tb2. The SMILES string of the molecule is O=C(O)C(=O)O.O=C(O)C(=O)O.O=C(O)C(=O)O.[Tb].[Tb]. The van der Waals surface area contributed by atoms with E-state index in [9.17, 15) is 0 Å². The first kappa shape index (κ1) is 31.7. The molecular weight excluding hydrogens is 582 g/mol. The summed E-state index contributed by atoms with van der Waals surface area (Å²) in [7, 11) is 0. The second kappa shape index (κ2) is 18.4. The molecule has 0 aliphatic rings. The largest absolute Gasteiger partial charge is 0.473 e. The zero-order chi connectivity index (χ0) is 15.5. The van der Waals surface area contributed by atoms with Crippen LogP contribution in [0.3, 0.4) is 0 Å². The van der Waals surface area contributed by atoms with Gasteiger partial charge < -0.3 is 30.6 Å². The van der Waals surface area contributed by atoms with Crippen LogP contribution in [0.1, 0.15) is 0 Å². The molecule has 120 valence electrons. The van der Waals surface area contributed by atoms with Crippen molar-refractivity contribution in [3.05, 3.63) is 0 Å². The molecule has 0 aromatic carbocycles. The van der Waals surface area contributed by atoms with Crippen LogP contribution in [0.5, 0.6) is 0 Å². The minimum Gasteiger partial charge on any atom is -0.473 e. The summed E-state index contributed by atoms with van der Waals surface area (Å²) in [6.45, 7) is 0. The van der Waals surface area contributed by atoms with Crippen molar-refractivity contribution in [3.63, 3.8) is 0 Å². The quantitative estimate of drug-likeness (QED) is 0.161. The third kappa shape index (κ3) is 36.0. The minimum atomic E-state index is -1.82. The molecule has 12 nitrogen and oxygen atoms in total. The van der Waals surface area contributed by atoms with Crippen LogP contribution in [0.15, 0.2) is 0 Å². The average molecular weight is 588 g/mol. The number of carboxylic acid groups (broad SMARTS) is 6. The third-order valence-corrected chi connectivity index (χ3v) is 0.549. The van der Waals surface area contributed by atoms with Crippen LogP contribution in [-0.2, 0) is 28.8 Å². The summed E-state index contributed by atoms with van der Waals surface area (Å²) < 4.78 is 0. The van der Waals surface area contributed by atoms with E-state index in [0.717, 1.165) is 0 Å². The maximum absolute atomic E-state index is 9.10. The van der Waals surface area contributed by atoms with Crippen molar-refractivity contribution in [1.82, 2.24) is 0 Å². The molecule has 0 saturated heterocycles. The predicted molar refractivity (Wildman–Crippen MR) is 45.8 cm³/mol. The van der Waals surface area contributed by atoms with E-state index in [1.165, 1.54) is 0 Å². The molecule has 20 heavy (non-hydrogen) atoms. The molecule has 0 rings (SSSR count). The van der Waals surface area contributed by atoms with Gasteiger partial charge in [0.1, 0.15) is 0 Å². The standard InChI is InChI=1S/3C2H2O4.2Tb/c3*3-1(4)2(5)6;;/h3*(H,3,4)(H,5,6);;. The van der Waals surface area contributed by atoms with Gasteiger partial charge in [-0.1, -0.05) is 0 Å². The Bertz CT molecular complexity index is 281. The smallest absolute Gasteiger partial charge is 0.414 e. The van der Waals surface area contributed by atoms with Crippen LogP contribution in [0, 0.1) is 77.2 Å². The van der Waals surface area contributed by atoms with Crippen LogP contribution in [-0.4, -0.2) is 66.5 Å². The Morgan fingerprint density at radius 2 is 0.400 bits per heavy atom. The Morgan fingerprint density at radius 3 is 0.400 bits per heavy atom. The zero-order valence-corrected chi connectivity index (χ0v) is 13.1. The van der Waals surface area contributed by atoms with Gasteiger partial charge in [0.25, 0.3) is 0 Å². The number of hydrogen-bond acceptors (Lipinski definition) is 6. The Labute approximate surface area is 170 Å². The van der Waals surface area contributed by atoms with Crippen molar-refractivity contribution in [2.45, 2.75) is 0 Å². The first-order valence-corrected chi connectivity index (χ1v) is 3.32. The molecule has 0 unspecified atom stereocenters. The van der Waals surface area contributed by atoms with E-state index >= 15 is 0 Å². The first-order valence-electron chi connectivity index (χ1n) is 3.32. The van der Waals surface area contributed by atoms with E-state index in [2.05, 4.69) is 0 Å². The number of carbonyl (C=O) groups is 6. The maximum atomic E-state index is 9.10. The molecule has 2 radical (unpaired) electrons. The van der Waals surface area contributed by atoms with E-state index in [-0.39, 0.29) is 77.2 Å². The summed E-state index contributed by atoms with van der Waals surface area (Å²) in [6, 6.07) is 0. The molecule has 0 heterocycles. The maximum Gasteiger partial charge on any atom is 0.414 e. The van der Waals surface area contributed by atoms with Gasteiger partial charge >= 0.3 is 35.8 Å². The second-order valence-corrected chi connectivity index (χ2v) is 1.83. The molecule has 0 spiro atoms. The van der Waals surface area contributed by atoms with Gasteiger partial charge in [0.05, 0.1) is 0 Å². The molecule has 0 aromatic heterocycles. The fourth-order valence-electron chi connectivity index (χ4n) is 0. The van der Waals surface area contributed by atoms with Crippen molar-refractivity contribution in [1.29, 1.82) is 0 Å². The van der Waals surface area contributed by atoms with Gasteiger partial charge in [-0.15, -0.1) is 0 Å². The van der Waals surface area contributed by atoms with Gasteiger partial charge in [0.15, 0.2) is 0 Å². The van der Waals surface area contributed by atoms with Crippen LogP contribution in [0.4, 0.5) is 0 Å². The molecule has 0 fully saturated rings. The summed E-state index contributed by atoms with van der Waals surface area (Å²) in [6.07, 6.45) is 0. The molecule has 0 saturated carbocycles. The summed E-state index contributed by atoms with van der Waals surface area (Å²) in [5, 5.41) is 44.3. The monoisotopic (exact) mass is 588 g/mol. The van der Waals surface area contributed by atoms with Crippen molar-refractivity contribution in [2.24, 2.45) is 0 Å². The summed E-state index contributed by atoms with van der Waals surface area (Å²) >= 11 is 0. The average Bonchev–Trinajstić information content (AvgIpc) is 2.18. The number of aliphatic carboxylic acids is 6. The summed E-state index contributed by atoms with van der Waals surface area (Å²) in [4.78, 5) is 54.6. The normalized spacial score (nSPS) is 6.60. The van der Waals surface area contributed by atoms with Crippen LogP contribution in [0.2, 0.25) is 0 Å².